The lowest BCUT2D eigenvalue weighted by atomic mass is 9.83. The van der Waals surface area contributed by atoms with Gasteiger partial charge in [-0.3, -0.25) is 9.69 Å². The lowest BCUT2D eigenvalue weighted by Gasteiger charge is -2.44. The maximum absolute atomic E-state index is 11.8. The van der Waals surface area contributed by atoms with Gasteiger partial charge in [-0.25, -0.2) is 0 Å². The highest BCUT2D eigenvalue weighted by Crippen LogP contribution is 2.30. The normalized spacial score (nSPS) is 21.4. The van der Waals surface area contributed by atoms with Gasteiger partial charge >= 0.3 is 0 Å². The number of rotatable bonds is 3. The van der Waals surface area contributed by atoms with Crippen LogP contribution in [-0.2, 0) is 12.8 Å². The molecule has 0 spiro atoms. The van der Waals surface area contributed by atoms with Crippen LogP contribution in [0.3, 0.4) is 0 Å². The topological polar surface area (TPSA) is 69.8 Å². The summed E-state index contributed by atoms with van der Waals surface area (Å²) in [5, 5.41) is 11.3. The second-order valence-electron chi connectivity index (χ2n) is 7.80. The van der Waals surface area contributed by atoms with Crippen LogP contribution < -0.4 is 10.6 Å². The van der Waals surface area contributed by atoms with E-state index in [0.29, 0.717) is 17.0 Å². The molecule has 1 aliphatic heterocycles. The van der Waals surface area contributed by atoms with Gasteiger partial charge in [-0.15, -0.1) is 0 Å². The number of hydrogen-bond acceptors (Lipinski definition) is 4. The summed E-state index contributed by atoms with van der Waals surface area (Å²) in [6.07, 6.45) is 1.25. The standard InChI is InChI=1S/C22H26ClN3O2.C2H6/c1-14-3-2-4-15-11-21(27)20(13-17(14)15)26-9-7-25(8-10-26)19-6-5-16(23)12-18(19)22(24)28;1-2/h2-6,12,20-21,27H,7-11,13H2,1H3,(H2,24,28);1-2H3. The SMILES string of the molecule is CC.Cc1cccc2c1CC(N1CCN(c3ccc(Cl)cc3C(N)=O)CC1)C(O)C2. The lowest BCUT2D eigenvalue weighted by Crippen LogP contribution is -2.56. The van der Waals surface area contributed by atoms with Crippen LogP contribution in [0, 0.1) is 6.92 Å². The summed E-state index contributed by atoms with van der Waals surface area (Å²) in [6, 6.07) is 11.8. The highest BCUT2D eigenvalue weighted by molar-refractivity contribution is 6.31. The van der Waals surface area contributed by atoms with Gasteiger partial charge in [0, 0.05) is 49.4 Å². The molecule has 3 N–H and O–H groups in total. The van der Waals surface area contributed by atoms with Crippen molar-refractivity contribution >= 4 is 23.2 Å². The van der Waals surface area contributed by atoms with E-state index in [0.717, 1.165) is 38.3 Å². The largest absolute Gasteiger partial charge is 0.391 e. The fourth-order valence-electron chi connectivity index (χ4n) is 4.60. The van der Waals surface area contributed by atoms with Crippen LogP contribution >= 0.6 is 11.6 Å². The average molecular weight is 430 g/mol. The van der Waals surface area contributed by atoms with Crippen LogP contribution in [0.4, 0.5) is 5.69 Å². The number of amides is 1. The summed E-state index contributed by atoms with van der Waals surface area (Å²) < 4.78 is 0. The van der Waals surface area contributed by atoms with Crippen molar-refractivity contribution in [3.05, 3.63) is 63.7 Å². The van der Waals surface area contributed by atoms with Crippen LogP contribution in [0.25, 0.3) is 0 Å². The number of fused-ring (bicyclic) bond motifs is 1. The summed E-state index contributed by atoms with van der Waals surface area (Å²) >= 11 is 6.03. The molecule has 1 heterocycles. The summed E-state index contributed by atoms with van der Waals surface area (Å²) in [7, 11) is 0. The van der Waals surface area contributed by atoms with Gasteiger partial charge in [-0.05, 0) is 48.2 Å². The number of hydrogen-bond donors (Lipinski definition) is 2. The Labute approximate surface area is 184 Å². The maximum atomic E-state index is 11.8. The summed E-state index contributed by atoms with van der Waals surface area (Å²) in [5.74, 6) is -0.463. The molecule has 4 rings (SSSR count). The molecule has 2 unspecified atom stereocenters. The number of primary amides is 1. The molecule has 0 aromatic heterocycles. The second kappa shape index (κ2) is 9.82. The quantitative estimate of drug-likeness (QED) is 0.784. The summed E-state index contributed by atoms with van der Waals surface area (Å²) in [4.78, 5) is 16.4. The highest BCUT2D eigenvalue weighted by atomic mass is 35.5. The number of aliphatic hydroxyl groups excluding tert-OH is 1. The molecule has 30 heavy (non-hydrogen) atoms. The molecule has 2 atom stereocenters. The molecule has 2 aromatic carbocycles. The molecule has 0 radical (unpaired) electrons. The molecule has 1 fully saturated rings. The van der Waals surface area contributed by atoms with E-state index in [1.165, 1.54) is 16.7 Å². The fourth-order valence-corrected chi connectivity index (χ4v) is 4.77. The number of anilines is 1. The number of piperazine rings is 1. The Bertz CT molecular complexity index is 894. The minimum atomic E-state index is -0.463. The third-order valence-corrected chi connectivity index (χ3v) is 6.38. The van der Waals surface area contributed by atoms with E-state index in [2.05, 4.69) is 34.9 Å². The molecular formula is C24H32ClN3O2. The third kappa shape index (κ3) is 4.64. The number of benzene rings is 2. The van der Waals surface area contributed by atoms with Gasteiger partial charge < -0.3 is 15.7 Å². The molecule has 6 heteroatoms. The Balaban J connectivity index is 0.00000124. The fraction of sp³-hybridized carbons (Fsp3) is 0.458. The molecule has 2 aliphatic rings. The Morgan fingerprint density at radius 3 is 2.47 bits per heavy atom. The molecule has 1 amide bonds. The number of halogens is 1. The van der Waals surface area contributed by atoms with Gasteiger partial charge in [0.15, 0.2) is 0 Å². The molecular weight excluding hydrogens is 398 g/mol. The van der Waals surface area contributed by atoms with E-state index in [-0.39, 0.29) is 12.1 Å². The molecule has 5 nitrogen and oxygen atoms in total. The van der Waals surface area contributed by atoms with E-state index < -0.39 is 5.91 Å². The lowest BCUT2D eigenvalue weighted by molar-refractivity contribution is 0.0394. The predicted molar refractivity (Wildman–Crippen MR) is 123 cm³/mol. The molecule has 0 bridgehead atoms. The number of nitrogens with zero attached hydrogens (tertiary/aromatic N) is 2. The van der Waals surface area contributed by atoms with E-state index >= 15 is 0 Å². The van der Waals surface area contributed by atoms with E-state index in [4.69, 9.17) is 17.3 Å². The number of carbonyl (C=O) groups is 1. The Morgan fingerprint density at radius 1 is 1.10 bits per heavy atom. The van der Waals surface area contributed by atoms with Gasteiger partial charge in [-0.2, -0.15) is 0 Å². The van der Waals surface area contributed by atoms with Crippen LogP contribution in [0.1, 0.15) is 40.9 Å². The van der Waals surface area contributed by atoms with Gasteiger partial charge in [0.25, 0.3) is 5.91 Å². The first-order valence-electron chi connectivity index (χ1n) is 10.8. The van der Waals surface area contributed by atoms with Crippen molar-refractivity contribution < 1.29 is 9.90 Å². The monoisotopic (exact) mass is 429 g/mol. The first-order valence-corrected chi connectivity index (χ1v) is 11.2. The minimum Gasteiger partial charge on any atom is -0.391 e. The number of aryl methyl sites for hydroxylation is 1. The molecule has 1 aliphatic carbocycles. The van der Waals surface area contributed by atoms with Gasteiger partial charge in [-0.1, -0.05) is 43.6 Å². The Hall–Kier alpha value is -2.08. The van der Waals surface area contributed by atoms with E-state index in [1.807, 2.05) is 19.9 Å². The van der Waals surface area contributed by atoms with Crippen LogP contribution in [0.15, 0.2) is 36.4 Å². The van der Waals surface area contributed by atoms with Gasteiger partial charge in [0.1, 0.15) is 0 Å². The Morgan fingerprint density at radius 2 is 1.80 bits per heavy atom. The van der Waals surface area contributed by atoms with Crippen molar-refractivity contribution in [2.45, 2.75) is 45.8 Å². The van der Waals surface area contributed by atoms with Crippen molar-refractivity contribution in [1.29, 1.82) is 0 Å². The molecule has 0 saturated carbocycles. The summed E-state index contributed by atoms with van der Waals surface area (Å²) in [5.41, 5.74) is 10.8. The molecule has 1 saturated heterocycles. The van der Waals surface area contributed by atoms with E-state index in [9.17, 15) is 9.90 Å². The van der Waals surface area contributed by atoms with Gasteiger partial charge in [0.05, 0.1) is 11.7 Å². The summed E-state index contributed by atoms with van der Waals surface area (Å²) in [6.45, 7) is 9.39. The average Bonchev–Trinajstić information content (AvgIpc) is 2.75. The molecule has 162 valence electrons. The zero-order valence-corrected chi connectivity index (χ0v) is 18.8. The van der Waals surface area contributed by atoms with Crippen molar-refractivity contribution in [2.75, 3.05) is 31.1 Å². The smallest absolute Gasteiger partial charge is 0.250 e. The van der Waals surface area contributed by atoms with Crippen LogP contribution in [-0.4, -0.2) is 54.2 Å². The molecule has 2 aromatic rings. The number of nitrogens with two attached hydrogens (primary N) is 1. The van der Waals surface area contributed by atoms with Crippen molar-refractivity contribution in [1.82, 2.24) is 4.90 Å². The van der Waals surface area contributed by atoms with Gasteiger partial charge in [0.2, 0.25) is 0 Å². The second-order valence-corrected chi connectivity index (χ2v) is 8.24. The van der Waals surface area contributed by atoms with Crippen LogP contribution in [0.5, 0.6) is 0 Å². The maximum Gasteiger partial charge on any atom is 0.250 e. The van der Waals surface area contributed by atoms with Crippen molar-refractivity contribution in [3.63, 3.8) is 0 Å². The number of aliphatic hydroxyl groups is 1. The predicted octanol–water partition coefficient (Wildman–Crippen LogP) is 3.42. The first kappa shape index (κ1) is 22.6. The van der Waals surface area contributed by atoms with Crippen LogP contribution in [0.2, 0.25) is 5.02 Å². The number of carbonyl (C=O) groups excluding carboxylic acids is 1. The Kier molecular flexibility index (Phi) is 7.40. The third-order valence-electron chi connectivity index (χ3n) is 6.14. The van der Waals surface area contributed by atoms with E-state index in [1.54, 1.807) is 12.1 Å². The first-order chi connectivity index (χ1) is 14.4. The highest BCUT2D eigenvalue weighted by Gasteiger charge is 2.34. The van der Waals surface area contributed by atoms with Crippen molar-refractivity contribution in [3.8, 4) is 0 Å². The zero-order valence-electron chi connectivity index (χ0n) is 18.1. The zero-order chi connectivity index (χ0) is 21.8. The van der Waals surface area contributed by atoms with Crippen molar-refractivity contribution in [2.24, 2.45) is 5.73 Å². The minimum absolute atomic E-state index is 0.136.